The van der Waals surface area contributed by atoms with Crippen LogP contribution in [-0.4, -0.2) is 30.8 Å². The normalized spacial score (nSPS) is 11.3. The molecule has 1 aliphatic heterocycles. The van der Waals surface area contributed by atoms with Crippen LogP contribution in [0, 0.1) is 11.8 Å². The fourth-order valence-electron chi connectivity index (χ4n) is 1.91. The fourth-order valence-corrected chi connectivity index (χ4v) is 1.91. The van der Waals surface area contributed by atoms with Gasteiger partial charge in [0.25, 0.3) is 5.91 Å². The first-order valence-electron chi connectivity index (χ1n) is 7.00. The summed E-state index contributed by atoms with van der Waals surface area (Å²) in [6.07, 6.45) is 1.57. The van der Waals surface area contributed by atoms with E-state index in [1.807, 2.05) is 0 Å². The highest BCUT2D eigenvalue weighted by Crippen LogP contribution is 2.34. The Bertz CT molecular complexity index is 750. The van der Waals surface area contributed by atoms with E-state index in [1.165, 1.54) is 0 Å². The van der Waals surface area contributed by atoms with E-state index in [9.17, 15) is 4.79 Å². The third-order valence-electron chi connectivity index (χ3n) is 3.01. The summed E-state index contributed by atoms with van der Waals surface area (Å²) >= 11 is 0. The van der Waals surface area contributed by atoms with E-state index in [1.54, 1.807) is 42.6 Å². The molecule has 0 fully saturated rings. The lowest BCUT2D eigenvalue weighted by molar-refractivity contribution is 0.0953. The molecule has 2 heterocycles. The molecule has 0 saturated heterocycles. The minimum atomic E-state index is -0.253. The number of benzene rings is 1. The van der Waals surface area contributed by atoms with E-state index in [-0.39, 0.29) is 25.9 Å². The smallest absolute Gasteiger partial charge is 0.270 e. The van der Waals surface area contributed by atoms with Crippen molar-refractivity contribution in [1.82, 2.24) is 10.3 Å². The summed E-state index contributed by atoms with van der Waals surface area (Å²) in [6.45, 7) is 0.688. The number of carbonyl (C=O) groups is 1. The molecule has 1 aromatic heterocycles. The van der Waals surface area contributed by atoms with Crippen LogP contribution in [0.2, 0.25) is 0 Å². The average Bonchev–Trinajstić information content (AvgIpc) is 3.06. The van der Waals surface area contributed by atoms with Gasteiger partial charge in [-0.05, 0) is 24.3 Å². The number of fused-ring (bicyclic) bond motifs is 1. The maximum absolute atomic E-state index is 11.7. The molecular formula is C17H14N2O4. The van der Waals surface area contributed by atoms with Crippen molar-refractivity contribution in [2.45, 2.75) is 0 Å². The molecular weight excluding hydrogens is 296 g/mol. The Balaban J connectivity index is 1.41. The maximum atomic E-state index is 11.7. The Morgan fingerprint density at radius 3 is 3.00 bits per heavy atom. The third-order valence-corrected chi connectivity index (χ3v) is 3.01. The maximum Gasteiger partial charge on any atom is 0.270 e. The minimum absolute atomic E-state index is 0.221. The zero-order valence-corrected chi connectivity index (χ0v) is 12.2. The van der Waals surface area contributed by atoms with Gasteiger partial charge >= 0.3 is 0 Å². The van der Waals surface area contributed by atoms with Crippen LogP contribution in [0.15, 0.2) is 42.6 Å². The molecule has 3 rings (SSSR count). The Morgan fingerprint density at radius 2 is 2.13 bits per heavy atom. The number of hydrogen-bond donors (Lipinski definition) is 1. The molecule has 0 radical (unpaired) electrons. The first-order valence-corrected chi connectivity index (χ1v) is 7.00. The Labute approximate surface area is 133 Å². The van der Waals surface area contributed by atoms with Crippen LogP contribution >= 0.6 is 0 Å². The van der Waals surface area contributed by atoms with Gasteiger partial charge in [-0.25, -0.2) is 0 Å². The zero-order valence-electron chi connectivity index (χ0n) is 12.2. The van der Waals surface area contributed by atoms with Crippen LogP contribution in [0.25, 0.3) is 0 Å². The van der Waals surface area contributed by atoms with Crippen molar-refractivity contribution in [3.8, 4) is 29.1 Å². The van der Waals surface area contributed by atoms with E-state index in [0.29, 0.717) is 22.9 Å². The van der Waals surface area contributed by atoms with Gasteiger partial charge < -0.3 is 19.5 Å². The van der Waals surface area contributed by atoms with Crippen LogP contribution < -0.4 is 19.5 Å². The molecule has 1 aliphatic rings. The first-order chi connectivity index (χ1) is 11.3. The summed E-state index contributed by atoms with van der Waals surface area (Å²) in [4.78, 5) is 15.7. The highest BCUT2D eigenvalue weighted by molar-refractivity contribution is 5.92. The Hall–Kier alpha value is -3.20. The summed E-state index contributed by atoms with van der Waals surface area (Å²) in [7, 11) is 0. The van der Waals surface area contributed by atoms with E-state index in [4.69, 9.17) is 14.2 Å². The monoisotopic (exact) mass is 310 g/mol. The molecule has 1 amide bonds. The predicted octanol–water partition coefficient (Wildman–Crippen LogP) is 1.62. The van der Waals surface area contributed by atoms with Gasteiger partial charge in [-0.1, -0.05) is 17.9 Å². The van der Waals surface area contributed by atoms with Crippen molar-refractivity contribution in [3.63, 3.8) is 0 Å². The molecule has 2 aromatic rings. The quantitative estimate of drug-likeness (QED) is 0.869. The van der Waals surface area contributed by atoms with Crippen molar-refractivity contribution < 1.29 is 19.0 Å². The lowest BCUT2D eigenvalue weighted by atomic mass is 10.3. The number of nitrogens with zero attached hydrogens (tertiary/aromatic N) is 1. The topological polar surface area (TPSA) is 69.7 Å². The van der Waals surface area contributed by atoms with E-state index in [0.717, 1.165) is 0 Å². The summed E-state index contributed by atoms with van der Waals surface area (Å²) in [5.74, 6) is 7.42. The summed E-state index contributed by atoms with van der Waals surface area (Å²) < 4.78 is 16.0. The standard InChI is InChI=1S/C17H14N2O4/c20-17(14-5-1-2-8-18-14)19-9-3-4-10-21-13-6-7-15-16(11-13)23-12-22-15/h1-2,5-8,11H,9-10,12H2,(H,19,20). The Kier molecular flexibility index (Phi) is 4.60. The predicted molar refractivity (Wildman–Crippen MR) is 82.4 cm³/mol. The fraction of sp³-hybridized carbons (Fsp3) is 0.176. The highest BCUT2D eigenvalue weighted by Gasteiger charge is 2.13. The molecule has 0 saturated carbocycles. The van der Waals surface area contributed by atoms with Crippen LogP contribution in [0.4, 0.5) is 0 Å². The zero-order chi connectivity index (χ0) is 15.9. The molecule has 6 heteroatoms. The van der Waals surface area contributed by atoms with Crippen LogP contribution in [0.3, 0.4) is 0 Å². The van der Waals surface area contributed by atoms with Crippen LogP contribution in [-0.2, 0) is 0 Å². The second-order valence-corrected chi connectivity index (χ2v) is 4.55. The number of pyridine rings is 1. The van der Waals surface area contributed by atoms with Crippen molar-refractivity contribution >= 4 is 5.91 Å². The van der Waals surface area contributed by atoms with Gasteiger partial charge in [-0.3, -0.25) is 9.78 Å². The lowest BCUT2D eigenvalue weighted by Gasteiger charge is -2.03. The summed E-state index contributed by atoms with van der Waals surface area (Å²) in [5.41, 5.74) is 0.367. The number of rotatable bonds is 4. The molecule has 1 aromatic carbocycles. The highest BCUT2D eigenvalue weighted by atomic mass is 16.7. The van der Waals surface area contributed by atoms with Crippen molar-refractivity contribution in [2.75, 3.05) is 19.9 Å². The molecule has 0 spiro atoms. The molecule has 0 atom stereocenters. The number of ether oxygens (including phenoxy) is 3. The van der Waals surface area contributed by atoms with Crippen molar-refractivity contribution in [3.05, 3.63) is 48.3 Å². The number of hydrogen-bond acceptors (Lipinski definition) is 5. The van der Waals surface area contributed by atoms with Gasteiger partial charge in [0, 0.05) is 12.3 Å². The third kappa shape index (κ3) is 3.92. The van der Waals surface area contributed by atoms with E-state index in [2.05, 4.69) is 22.1 Å². The minimum Gasteiger partial charge on any atom is -0.481 e. The molecule has 0 bridgehead atoms. The number of amides is 1. The summed E-state index contributed by atoms with van der Waals surface area (Å²) in [6, 6.07) is 10.5. The summed E-state index contributed by atoms with van der Waals surface area (Å²) in [5, 5.41) is 2.66. The van der Waals surface area contributed by atoms with Crippen LogP contribution in [0.1, 0.15) is 10.5 Å². The molecule has 0 aliphatic carbocycles. The van der Waals surface area contributed by atoms with E-state index < -0.39 is 0 Å². The Morgan fingerprint density at radius 1 is 1.22 bits per heavy atom. The van der Waals surface area contributed by atoms with Gasteiger partial charge in [0.2, 0.25) is 6.79 Å². The second-order valence-electron chi connectivity index (χ2n) is 4.55. The van der Waals surface area contributed by atoms with E-state index >= 15 is 0 Å². The van der Waals surface area contributed by atoms with Gasteiger partial charge in [0.15, 0.2) is 11.5 Å². The second kappa shape index (κ2) is 7.18. The molecule has 0 unspecified atom stereocenters. The SMILES string of the molecule is O=C(NCC#CCOc1ccc2c(c1)OCO2)c1ccccn1. The van der Waals surface area contributed by atoms with Crippen molar-refractivity contribution in [2.24, 2.45) is 0 Å². The molecule has 116 valence electrons. The molecule has 6 nitrogen and oxygen atoms in total. The van der Waals surface area contributed by atoms with Gasteiger partial charge in [0.05, 0.1) is 6.54 Å². The average molecular weight is 310 g/mol. The van der Waals surface area contributed by atoms with Gasteiger partial charge in [-0.2, -0.15) is 0 Å². The molecule has 23 heavy (non-hydrogen) atoms. The number of nitrogens with one attached hydrogen (secondary N) is 1. The molecule has 1 N–H and O–H groups in total. The lowest BCUT2D eigenvalue weighted by Crippen LogP contribution is -2.24. The van der Waals surface area contributed by atoms with Gasteiger partial charge in [-0.15, -0.1) is 0 Å². The van der Waals surface area contributed by atoms with Crippen molar-refractivity contribution in [1.29, 1.82) is 0 Å². The van der Waals surface area contributed by atoms with Gasteiger partial charge in [0.1, 0.15) is 18.1 Å². The largest absolute Gasteiger partial charge is 0.481 e. The number of aromatic nitrogens is 1. The number of carbonyl (C=O) groups excluding carboxylic acids is 1. The van der Waals surface area contributed by atoms with Crippen LogP contribution in [0.5, 0.6) is 17.2 Å². The first kappa shape index (κ1) is 14.7.